The molecule has 1 aromatic carbocycles. The molecule has 0 amide bonds. The molecular formula is C19H29N3O. The van der Waals surface area contributed by atoms with E-state index >= 15 is 0 Å². The lowest BCUT2D eigenvalue weighted by atomic mass is 9.93. The second-order valence-electron chi connectivity index (χ2n) is 7.40. The van der Waals surface area contributed by atoms with Gasteiger partial charge in [-0.1, -0.05) is 32.0 Å². The fraction of sp³-hybridized carbons (Fsp3) is 0.632. The summed E-state index contributed by atoms with van der Waals surface area (Å²) in [5.74, 6) is 2.57. The topological polar surface area (TPSA) is 36.9 Å². The molecule has 0 bridgehead atoms. The first kappa shape index (κ1) is 16.2. The number of rotatable bonds is 3. The smallest absolute Gasteiger partial charge is 0.193 e. The van der Waals surface area contributed by atoms with Crippen LogP contribution >= 0.6 is 0 Å². The van der Waals surface area contributed by atoms with E-state index in [1.807, 2.05) is 6.07 Å². The summed E-state index contributed by atoms with van der Waals surface area (Å²) in [4.78, 5) is 7.37. The molecule has 0 aromatic heterocycles. The molecule has 1 aromatic rings. The van der Waals surface area contributed by atoms with E-state index in [9.17, 15) is 0 Å². The third-order valence-corrected chi connectivity index (χ3v) is 4.86. The number of benzene rings is 1. The Morgan fingerprint density at radius 3 is 2.96 bits per heavy atom. The van der Waals surface area contributed by atoms with Crippen molar-refractivity contribution in [2.45, 2.75) is 39.5 Å². The van der Waals surface area contributed by atoms with E-state index in [0.29, 0.717) is 11.3 Å². The maximum atomic E-state index is 5.76. The quantitative estimate of drug-likeness (QED) is 0.687. The lowest BCUT2D eigenvalue weighted by Crippen LogP contribution is -2.41. The van der Waals surface area contributed by atoms with Crippen LogP contribution in [-0.2, 0) is 0 Å². The minimum absolute atomic E-state index is 0.390. The lowest BCUT2D eigenvalue weighted by Gasteiger charge is -2.27. The van der Waals surface area contributed by atoms with Crippen molar-refractivity contribution in [2.75, 3.05) is 32.8 Å². The summed E-state index contributed by atoms with van der Waals surface area (Å²) in [7, 11) is 0. The number of hydrogen-bond donors (Lipinski definition) is 1. The summed E-state index contributed by atoms with van der Waals surface area (Å²) in [6, 6.07) is 8.39. The first-order valence-electron chi connectivity index (χ1n) is 8.84. The van der Waals surface area contributed by atoms with Gasteiger partial charge in [0.2, 0.25) is 0 Å². The molecular weight excluding hydrogens is 286 g/mol. The van der Waals surface area contributed by atoms with E-state index < -0.39 is 0 Å². The average molecular weight is 315 g/mol. The van der Waals surface area contributed by atoms with Gasteiger partial charge in [-0.2, -0.15) is 0 Å². The summed E-state index contributed by atoms with van der Waals surface area (Å²) in [5, 5.41) is 3.47. The largest absolute Gasteiger partial charge is 0.493 e. The van der Waals surface area contributed by atoms with Crippen LogP contribution in [0.2, 0.25) is 0 Å². The van der Waals surface area contributed by atoms with Crippen LogP contribution in [0.25, 0.3) is 0 Å². The summed E-state index contributed by atoms with van der Waals surface area (Å²) in [5.41, 5.74) is 1.70. The van der Waals surface area contributed by atoms with E-state index in [-0.39, 0.29) is 0 Å². The zero-order chi connectivity index (χ0) is 16.3. The monoisotopic (exact) mass is 315 g/mol. The van der Waals surface area contributed by atoms with Crippen molar-refractivity contribution in [3.05, 3.63) is 29.8 Å². The Hall–Kier alpha value is -1.71. The Morgan fingerprint density at radius 2 is 2.22 bits per heavy atom. The molecule has 0 spiro atoms. The Bertz CT molecular complexity index is 567. The van der Waals surface area contributed by atoms with Gasteiger partial charge in [-0.05, 0) is 36.8 Å². The molecule has 4 heteroatoms. The average Bonchev–Trinajstić information content (AvgIpc) is 2.91. The second kappa shape index (κ2) is 6.81. The van der Waals surface area contributed by atoms with Crippen LogP contribution < -0.4 is 10.1 Å². The van der Waals surface area contributed by atoms with Crippen LogP contribution in [0.3, 0.4) is 0 Å². The molecule has 1 N–H and O–H groups in total. The molecule has 1 saturated heterocycles. The van der Waals surface area contributed by atoms with Crippen LogP contribution in [0, 0.1) is 5.41 Å². The van der Waals surface area contributed by atoms with E-state index in [4.69, 9.17) is 9.73 Å². The van der Waals surface area contributed by atoms with Crippen molar-refractivity contribution in [3.63, 3.8) is 0 Å². The van der Waals surface area contributed by atoms with Crippen molar-refractivity contribution >= 4 is 5.96 Å². The number of nitrogens with zero attached hydrogens (tertiary/aromatic N) is 2. The fourth-order valence-corrected chi connectivity index (χ4v) is 3.52. The molecule has 23 heavy (non-hydrogen) atoms. The molecule has 126 valence electrons. The highest BCUT2D eigenvalue weighted by molar-refractivity contribution is 5.80. The number of aliphatic imine (C=N–C) groups is 1. The van der Waals surface area contributed by atoms with Crippen molar-refractivity contribution < 1.29 is 4.74 Å². The number of hydrogen-bond acceptors (Lipinski definition) is 2. The zero-order valence-corrected chi connectivity index (χ0v) is 14.6. The van der Waals surface area contributed by atoms with Gasteiger partial charge in [0.15, 0.2) is 5.96 Å². The van der Waals surface area contributed by atoms with Gasteiger partial charge >= 0.3 is 0 Å². The highest BCUT2D eigenvalue weighted by atomic mass is 16.5. The van der Waals surface area contributed by atoms with Crippen molar-refractivity contribution in [2.24, 2.45) is 10.4 Å². The van der Waals surface area contributed by atoms with Crippen LogP contribution in [0.5, 0.6) is 5.75 Å². The molecule has 0 saturated carbocycles. The second-order valence-corrected chi connectivity index (χ2v) is 7.40. The number of nitrogens with one attached hydrogen (secondary N) is 1. The first-order chi connectivity index (χ1) is 11.1. The third kappa shape index (κ3) is 3.80. The fourth-order valence-electron chi connectivity index (χ4n) is 3.52. The van der Waals surface area contributed by atoms with Gasteiger partial charge in [0.05, 0.1) is 6.61 Å². The molecule has 4 nitrogen and oxygen atoms in total. The number of para-hydroxylation sites is 1. The van der Waals surface area contributed by atoms with Crippen LogP contribution in [-0.4, -0.2) is 43.6 Å². The Kier molecular flexibility index (Phi) is 4.79. The van der Waals surface area contributed by atoms with Gasteiger partial charge in [0.25, 0.3) is 0 Å². The maximum absolute atomic E-state index is 5.76. The minimum Gasteiger partial charge on any atom is -0.493 e. The zero-order valence-electron chi connectivity index (χ0n) is 14.6. The standard InChI is InChI=1S/C19H29N3O/c1-4-20-18(22-11-10-19(2,3)14-22)21-13-15-9-12-23-17-8-6-5-7-16(15)17/h5-8,15H,4,9-14H2,1-3H3,(H,20,21). The number of fused-ring (bicyclic) bond motifs is 1. The highest BCUT2D eigenvalue weighted by Crippen LogP contribution is 2.34. The van der Waals surface area contributed by atoms with Crippen molar-refractivity contribution in [1.29, 1.82) is 0 Å². The number of guanidine groups is 1. The predicted molar refractivity (Wildman–Crippen MR) is 95.2 cm³/mol. The number of ether oxygens (including phenoxy) is 1. The molecule has 3 rings (SSSR count). The third-order valence-electron chi connectivity index (χ3n) is 4.86. The van der Waals surface area contributed by atoms with E-state index in [0.717, 1.165) is 50.9 Å². The van der Waals surface area contributed by atoms with Crippen LogP contribution in [0.1, 0.15) is 45.1 Å². The van der Waals surface area contributed by atoms with Gasteiger partial charge in [-0.15, -0.1) is 0 Å². The van der Waals surface area contributed by atoms with Gasteiger partial charge in [-0.3, -0.25) is 4.99 Å². The Balaban J connectivity index is 1.72. The SMILES string of the molecule is CCNC(=NCC1CCOc2ccccc21)N1CCC(C)(C)C1. The predicted octanol–water partition coefficient (Wildman–Crippen LogP) is 3.25. The van der Waals surface area contributed by atoms with Gasteiger partial charge in [0.1, 0.15) is 5.75 Å². The summed E-state index contributed by atoms with van der Waals surface area (Å²) in [6.45, 7) is 11.5. The summed E-state index contributed by atoms with van der Waals surface area (Å²) >= 11 is 0. The van der Waals surface area contributed by atoms with Gasteiger partial charge in [0, 0.05) is 32.1 Å². The van der Waals surface area contributed by atoms with E-state index in [2.05, 4.69) is 49.2 Å². The molecule has 0 radical (unpaired) electrons. The summed E-state index contributed by atoms with van der Waals surface area (Å²) < 4.78 is 5.76. The first-order valence-corrected chi connectivity index (χ1v) is 8.84. The van der Waals surface area contributed by atoms with Gasteiger partial charge in [-0.25, -0.2) is 0 Å². The van der Waals surface area contributed by atoms with Crippen molar-refractivity contribution in [3.8, 4) is 5.75 Å². The van der Waals surface area contributed by atoms with E-state index in [1.54, 1.807) is 0 Å². The number of likely N-dealkylation sites (tertiary alicyclic amines) is 1. The minimum atomic E-state index is 0.390. The van der Waals surface area contributed by atoms with Crippen LogP contribution in [0.4, 0.5) is 0 Å². The Labute approximate surface area is 139 Å². The van der Waals surface area contributed by atoms with Crippen LogP contribution in [0.15, 0.2) is 29.3 Å². The molecule has 2 heterocycles. The highest BCUT2D eigenvalue weighted by Gasteiger charge is 2.31. The van der Waals surface area contributed by atoms with E-state index in [1.165, 1.54) is 12.0 Å². The van der Waals surface area contributed by atoms with Crippen molar-refractivity contribution in [1.82, 2.24) is 10.2 Å². The molecule has 2 aliphatic rings. The normalized spacial score (nSPS) is 23.3. The Morgan fingerprint density at radius 1 is 1.39 bits per heavy atom. The molecule has 0 aliphatic carbocycles. The van der Waals surface area contributed by atoms with Gasteiger partial charge < -0.3 is 15.0 Å². The summed E-state index contributed by atoms with van der Waals surface area (Å²) in [6.07, 6.45) is 2.28. The molecule has 1 fully saturated rings. The molecule has 1 unspecified atom stereocenters. The molecule has 2 aliphatic heterocycles. The molecule has 1 atom stereocenters. The maximum Gasteiger partial charge on any atom is 0.193 e. The lowest BCUT2D eigenvalue weighted by molar-refractivity contribution is 0.268.